The predicted molar refractivity (Wildman–Crippen MR) is 127 cm³/mol. The highest BCUT2D eigenvalue weighted by atomic mass is 32.2. The summed E-state index contributed by atoms with van der Waals surface area (Å²) in [5.74, 6) is 0.130. The molecule has 3 aromatic carbocycles. The molecule has 0 bridgehead atoms. The summed E-state index contributed by atoms with van der Waals surface area (Å²) in [5, 5.41) is 2.77. The number of aryl methyl sites for hydroxylation is 1. The number of ether oxygens (including phenoxy) is 1. The molecule has 4 rings (SSSR count). The molecule has 1 amide bonds. The van der Waals surface area contributed by atoms with Gasteiger partial charge in [-0.2, -0.15) is 0 Å². The maximum Gasteiger partial charge on any atom is 0.261 e. The van der Waals surface area contributed by atoms with Crippen LogP contribution in [0.3, 0.4) is 0 Å². The molecule has 0 atom stereocenters. The number of benzene rings is 3. The van der Waals surface area contributed by atoms with Crippen molar-refractivity contribution in [2.75, 3.05) is 10.0 Å². The Kier molecular flexibility index (Phi) is 6.55. The maximum absolute atomic E-state index is 13.8. The van der Waals surface area contributed by atoms with Crippen LogP contribution in [0.15, 0.2) is 96.2 Å². The van der Waals surface area contributed by atoms with Crippen LogP contribution in [0, 0.1) is 12.7 Å². The molecule has 0 spiro atoms. The van der Waals surface area contributed by atoms with Gasteiger partial charge in [0.15, 0.2) is 0 Å². The minimum atomic E-state index is -4.01. The lowest BCUT2D eigenvalue weighted by molar-refractivity contribution is 0.102. The number of halogens is 1. The third-order valence-electron chi connectivity index (χ3n) is 4.84. The molecule has 0 unspecified atom stereocenters. The number of hydrogen-bond donors (Lipinski definition) is 2. The van der Waals surface area contributed by atoms with E-state index in [1.54, 1.807) is 42.7 Å². The first kappa shape index (κ1) is 22.9. The number of rotatable bonds is 7. The Morgan fingerprint density at radius 2 is 1.74 bits per heavy atom. The summed E-state index contributed by atoms with van der Waals surface area (Å²) in [6.07, 6.45) is 3.25. The summed E-state index contributed by atoms with van der Waals surface area (Å²) in [7, 11) is -4.01. The van der Waals surface area contributed by atoms with Crippen molar-refractivity contribution in [2.24, 2.45) is 0 Å². The first-order valence-corrected chi connectivity index (χ1v) is 11.7. The van der Waals surface area contributed by atoms with E-state index in [-0.39, 0.29) is 16.1 Å². The average molecular weight is 478 g/mol. The Hall–Kier alpha value is -4.24. The standard InChI is InChI=1S/C25H20FN3O4S/c1-17-15-19(10-13-24(17)33-20-5-4-14-27-16-20)28-25(30)18-8-11-21(12-9-18)34(31,32)29-23-7-3-2-6-22(23)26/h2-16,29H,1H3,(H,28,30). The SMILES string of the molecule is Cc1cc(NC(=O)c2ccc(S(=O)(=O)Nc3ccccc3F)cc2)ccc1Oc1cccnc1. The zero-order chi connectivity index (χ0) is 24.1. The molecule has 1 aromatic heterocycles. The van der Waals surface area contributed by atoms with Gasteiger partial charge in [-0.05, 0) is 79.2 Å². The Labute approximate surface area is 196 Å². The average Bonchev–Trinajstić information content (AvgIpc) is 2.83. The van der Waals surface area contributed by atoms with Crippen LogP contribution in [0.5, 0.6) is 11.5 Å². The molecule has 0 saturated heterocycles. The normalized spacial score (nSPS) is 11.0. The van der Waals surface area contributed by atoms with Gasteiger partial charge in [0.2, 0.25) is 0 Å². The molecule has 0 saturated carbocycles. The molecular weight excluding hydrogens is 457 g/mol. The number of anilines is 2. The zero-order valence-electron chi connectivity index (χ0n) is 18.0. The van der Waals surface area contributed by atoms with Crippen LogP contribution >= 0.6 is 0 Å². The highest BCUT2D eigenvalue weighted by molar-refractivity contribution is 7.92. The number of amides is 1. The van der Waals surface area contributed by atoms with Gasteiger partial charge in [-0.3, -0.25) is 14.5 Å². The van der Waals surface area contributed by atoms with E-state index in [0.717, 1.165) is 11.6 Å². The van der Waals surface area contributed by atoms with Crippen LogP contribution in [0.25, 0.3) is 0 Å². The van der Waals surface area contributed by atoms with Crippen molar-refractivity contribution in [1.82, 2.24) is 4.98 Å². The van der Waals surface area contributed by atoms with Crippen molar-refractivity contribution >= 4 is 27.3 Å². The van der Waals surface area contributed by atoms with Crippen LogP contribution in [-0.4, -0.2) is 19.3 Å². The Morgan fingerprint density at radius 3 is 2.41 bits per heavy atom. The van der Waals surface area contributed by atoms with Gasteiger partial charge in [0, 0.05) is 17.4 Å². The number of carbonyl (C=O) groups is 1. The second-order valence-electron chi connectivity index (χ2n) is 7.33. The summed E-state index contributed by atoms with van der Waals surface area (Å²) in [4.78, 5) is 16.5. The smallest absolute Gasteiger partial charge is 0.261 e. The van der Waals surface area contributed by atoms with Crippen LogP contribution in [0.2, 0.25) is 0 Å². The van der Waals surface area contributed by atoms with E-state index < -0.39 is 21.7 Å². The van der Waals surface area contributed by atoms with Gasteiger partial charge in [-0.25, -0.2) is 12.8 Å². The second-order valence-corrected chi connectivity index (χ2v) is 9.02. The minimum Gasteiger partial charge on any atom is -0.455 e. The molecule has 4 aromatic rings. The van der Waals surface area contributed by atoms with Crippen LogP contribution in [-0.2, 0) is 10.0 Å². The first-order chi connectivity index (χ1) is 16.3. The molecular formula is C25H20FN3O4S. The zero-order valence-corrected chi connectivity index (χ0v) is 18.8. The fourth-order valence-corrected chi connectivity index (χ4v) is 4.18. The number of carbonyl (C=O) groups excluding carboxylic acids is 1. The number of pyridine rings is 1. The van der Waals surface area contributed by atoms with Gasteiger partial charge in [0.25, 0.3) is 15.9 Å². The van der Waals surface area contributed by atoms with E-state index in [0.29, 0.717) is 17.2 Å². The summed E-state index contributed by atoms with van der Waals surface area (Å²) in [5.41, 5.74) is 1.47. The largest absolute Gasteiger partial charge is 0.455 e. The molecule has 9 heteroatoms. The molecule has 0 aliphatic carbocycles. The van der Waals surface area contributed by atoms with Gasteiger partial charge in [0.05, 0.1) is 16.8 Å². The fourth-order valence-electron chi connectivity index (χ4n) is 3.11. The number of nitrogens with one attached hydrogen (secondary N) is 2. The number of para-hydroxylation sites is 1. The highest BCUT2D eigenvalue weighted by Gasteiger charge is 2.17. The van der Waals surface area contributed by atoms with E-state index >= 15 is 0 Å². The summed E-state index contributed by atoms with van der Waals surface area (Å²) in [6.45, 7) is 1.85. The van der Waals surface area contributed by atoms with Crippen molar-refractivity contribution in [3.8, 4) is 11.5 Å². The van der Waals surface area contributed by atoms with Crippen LogP contribution in [0.4, 0.5) is 15.8 Å². The lowest BCUT2D eigenvalue weighted by Crippen LogP contribution is -2.15. The van der Waals surface area contributed by atoms with Crippen molar-refractivity contribution in [1.29, 1.82) is 0 Å². The van der Waals surface area contributed by atoms with Crippen LogP contribution in [0.1, 0.15) is 15.9 Å². The molecule has 172 valence electrons. The van der Waals surface area contributed by atoms with Gasteiger partial charge < -0.3 is 10.1 Å². The van der Waals surface area contributed by atoms with E-state index in [1.807, 2.05) is 6.92 Å². The summed E-state index contributed by atoms with van der Waals surface area (Å²) < 4.78 is 46.8. The third-order valence-corrected chi connectivity index (χ3v) is 6.22. The van der Waals surface area contributed by atoms with Gasteiger partial charge >= 0.3 is 0 Å². The molecule has 0 radical (unpaired) electrons. The van der Waals surface area contributed by atoms with Crippen molar-refractivity contribution in [3.63, 3.8) is 0 Å². The van der Waals surface area contributed by atoms with Crippen molar-refractivity contribution in [3.05, 3.63) is 108 Å². The van der Waals surface area contributed by atoms with Gasteiger partial charge in [-0.1, -0.05) is 12.1 Å². The van der Waals surface area contributed by atoms with Gasteiger partial charge in [0.1, 0.15) is 17.3 Å². The van der Waals surface area contributed by atoms with Crippen LogP contribution < -0.4 is 14.8 Å². The molecule has 7 nitrogen and oxygen atoms in total. The molecule has 0 aliphatic rings. The monoisotopic (exact) mass is 477 g/mol. The van der Waals surface area contributed by atoms with Crippen molar-refractivity contribution in [2.45, 2.75) is 11.8 Å². The van der Waals surface area contributed by atoms with Gasteiger partial charge in [-0.15, -0.1) is 0 Å². The lowest BCUT2D eigenvalue weighted by atomic mass is 10.1. The molecule has 2 N–H and O–H groups in total. The number of sulfonamides is 1. The Morgan fingerprint density at radius 1 is 0.971 bits per heavy atom. The van der Waals surface area contributed by atoms with E-state index in [9.17, 15) is 17.6 Å². The second kappa shape index (κ2) is 9.72. The third kappa shape index (κ3) is 5.38. The first-order valence-electron chi connectivity index (χ1n) is 10.2. The quantitative estimate of drug-likeness (QED) is 0.373. The van der Waals surface area contributed by atoms with E-state index in [1.165, 1.54) is 42.5 Å². The van der Waals surface area contributed by atoms with E-state index in [4.69, 9.17) is 4.74 Å². The Bertz CT molecular complexity index is 1430. The minimum absolute atomic E-state index is 0.0972. The maximum atomic E-state index is 13.8. The number of aromatic nitrogens is 1. The summed E-state index contributed by atoms with van der Waals surface area (Å²) >= 11 is 0. The predicted octanol–water partition coefficient (Wildman–Crippen LogP) is 5.37. The number of nitrogens with zero attached hydrogens (tertiary/aromatic N) is 1. The highest BCUT2D eigenvalue weighted by Crippen LogP contribution is 2.27. The summed E-state index contributed by atoms with van der Waals surface area (Å²) in [6, 6.07) is 19.6. The molecule has 0 aliphatic heterocycles. The topological polar surface area (TPSA) is 97.4 Å². The molecule has 0 fully saturated rings. The Balaban J connectivity index is 1.44. The molecule has 34 heavy (non-hydrogen) atoms. The molecule has 1 heterocycles. The van der Waals surface area contributed by atoms with Crippen molar-refractivity contribution < 1.29 is 22.3 Å². The lowest BCUT2D eigenvalue weighted by Gasteiger charge is -2.12. The van der Waals surface area contributed by atoms with E-state index in [2.05, 4.69) is 15.0 Å². The number of hydrogen-bond acceptors (Lipinski definition) is 5. The fraction of sp³-hybridized carbons (Fsp3) is 0.0400.